The minimum atomic E-state index is 0.0165. The minimum Gasteiger partial charge on any atom is -0.508 e. The predicted molar refractivity (Wildman–Crippen MR) is 85.0 cm³/mol. The van der Waals surface area contributed by atoms with Crippen LogP contribution in [0.5, 0.6) is 17.2 Å². The second-order valence-corrected chi connectivity index (χ2v) is 5.79. The highest BCUT2D eigenvalue weighted by Gasteiger charge is 2.17. The lowest BCUT2D eigenvalue weighted by atomic mass is 10.0. The van der Waals surface area contributed by atoms with Crippen LogP contribution in [-0.4, -0.2) is 11.9 Å². The molecule has 0 amide bonds. The van der Waals surface area contributed by atoms with Gasteiger partial charge < -0.3 is 19.9 Å². The van der Waals surface area contributed by atoms with Gasteiger partial charge >= 0.3 is 0 Å². The molecule has 4 nitrogen and oxygen atoms in total. The molecule has 1 unspecified atom stereocenters. The Morgan fingerprint density at radius 3 is 2.81 bits per heavy atom. The van der Waals surface area contributed by atoms with Crippen molar-refractivity contribution >= 4 is 21.6 Å². The fraction of sp³-hybridized carbons (Fsp3) is 0.250. The van der Waals surface area contributed by atoms with Crippen molar-refractivity contribution in [2.75, 3.05) is 12.1 Å². The quantitative estimate of drug-likeness (QED) is 0.856. The first-order valence-electron chi connectivity index (χ1n) is 6.82. The van der Waals surface area contributed by atoms with Crippen molar-refractivity contribution in [2.45, 2.75) is 19.4 Å². The normalized spacial score (nSPS) is 14.0. The highest BCUT2D eigenvalue weighted by molar-refractivity contribution is 9.10. The Balaban J connectivity index is 1.86. The summed E-state index contributed by atoms with van der Waals surface area (Å²) < 4.78 is 11.6. The number of aromatic hydroxyl groups is 1. The van der Waals surface area contributed by atoms with Gasteiger partial charge in [0.25, 0.3) is 0 Å². The van der Waals surface area contributed by atoms with Crippen LogP contribution in [0.15, 0.2) is 40.9 Å². The van der Waals surface area contributed by atoms with Crippen LogP contribution in [0.1, 0.15) is 24.9 Å². The maximum atomic E-state index is 10.1. The van der Waals surface area contributed by atoms with Crippen LogP contribution in [0.2, 0.25) is 0 Å². The second kappa shape index (κ2) is 5.85. The first kappa shape index (κ1) is 14.1. The van der Waals surface area contributed by atoms with Gasteiger partial charge in [-0.15, -0.1) is 0 Å². The van der Waals surface area contributed by atoms with E-state index in [4.69, 9.17) is 9.47 Å². The van der Waals surface area contributed by atoms with Crippen LogP contribution in [0.4, 0.5) is 5.69 Å². The average Bonchev–Trinajstić information content (AvgIpc) is 2.95. The monoisotopic (exact) mass is 349 g/mol. The summed E-state index contributed by atoms with van der Waals surface area (Å²) in [7, 11) is 0. The Bertz CT molecular complexity index is 660. The molecule has 1 heterocycles. The maximum absolute atomic E-state index is 10.1. The number of benzene rings is 2. The predicted octanol–water partition coefficient (Wildman–Crippen LogP) is 4.45. The largest absolute Gasteiger partial charge is 0.508 e. The van der Waals surface area contributed by atoms with Gasteiger partial charge in [-0.1, -0.05) is 22.9 Å². The minimum absolute atomic E-state index is 0.0165. The summed E-state index contributed by atoms with van der Waals surface area (Å²) in [5.41, 5.74) is 1.80. The summed E-state index contributed by atoms with van der Waals surface area (Å²) in [5.74, 6) is 1.80. The molecule has 1 atom stereocenters. The molecule has 0 saturated heterocycles. The molecule has 1 aliphatic heterocycles. The SMILES string of the molecule is CCC(Nc1ccc2c(c1)OCO2)c1cc(Br)ccc1O. The lowest BCUT2D eigenvalue weighted by Gasteiger charge is -2.20. The molecule has 0 bridgehead atoms. The van der Waals surface area contributed by atoms with Crippen LogP contribution >= 0.6 is 15.9 Å². The molecule has 2 N–H and O–H groups in total. The Morgan fingerprint density at radius 1 is 1.19 bits per heavy atom. The molecule has 0 saturated carbocycles. The lowest BCUT2D eigenvalue weighted by Crippen LogP contribution is -2.10. The van der Waals surface area contributed by atoms with Gasteiger partial charge in [-0.25, -0.2) is 0 Å². The number of anilines is 1. The molecule has 21 heavy (non-hydrogen) atoms. The van der Waals surface area contributed by atoms with Gasteiger partial charge in [0.05, 0.1) is 6.04 Å². The molecule has 0 aliphatic carbocycles. The van der Waals surface area contributed by atoms with Gasteiger partial charge in [0, 0.05) is 21.8 Å². The first-order valence-corrected chi connectivity index (χ1v) is 7.61. The Labute approximate surface area is 131 Å². The van der Waals surface area contributed by atoms with E-state index in [1.54, 1.807) is 6.07 Å². The molecular weight excluding hydrogens is 334 g/mol. The number of ether oxygens (including phenoxy) is 2. The zero-order chi connectivity index (χ0) is 14.8. The van der Waals surface area contributed by atoms with Crippen molar-refractivity contribution in [1.82, 2.24) is 0 Å². The van der Waals surface area contributed by atoms with E-state index in [9.17, 15) is 5.11 Å². The van der Waals surface area contributed by atoms with Crippen molar-refractivity contribution in [3.63, 3.8) is 0 Å². The highest BCUT2D eigenvalue weighted by Crippen LogP contribution is 2.37. The average molecular weight is 350 g/mol. The van der Waals surface area contributed by atoms with Crippen LogP contribution in [-0.2, 0) is 0 Å². The summed E-state index contributed by atoms with van der Waals surface area (Å²) in [5, 5.41) is 13.5. The molecule has 1 aliphatic rings. The van der Waals surface area contributed by atoms with E-state index in [1.807, 2.05) is 30.3 Å². The third-order valence-electron chi connectivity index (χ3n) is 3.49. The number of phenols is 1. The van der Waals surface area contributed by atoms with E-state index < -0.39 is 0 Å². The van der Waals surface area contributed by atoms with Crippen molar-refractivity contribution in [3.8, 4) is 17.2 Å². The van der Waals surface area contributed by atoms with E-state index in [-0.39, 0.29) is 12.8 Å². The van der Waals surface area contributed by atoms with Crippen LogP contribution in [0, 0.1) is 0 Å². The molecule has 0 radical (unpaired) electrons. The van der Waals surface area contributed by atoms with Crippen molar-refractivity contribution in [2.24, 2.45) is 0 Å². The lowest BCUT2D eigenvalue weighted by molar-refractivity contribution is 0.174. The topological polar surface area (TPSA) is 50.7 Å². The van der Waals surface area contributed by atoms with E-state index >= 15 is 0 Å². The van der Waals surface area contributed by atoms with E-state index in [0.717, 1.165) is 33.6 Å². The number of phenolic OH excluding ortho intramolecular Hbond substituents is 1. The fourth-order valence-electron chi connectivity index (χ4n) is 2.39. The number of hydrogen-bond acceptors (Lipinski definition) is 4. The molecule has 3 rings (SSSR count). The number of hydrogen-bond donors (Lipinski definition) is 2. The number of halogens is 1. The second-order valence-electron chi connectivity index (χ2n) is 4.88. The maximum Gasteiger partial charge on any atom is 0.231 e. The third kappa shape index (κ3) is 2.93. The molecule has 0 spiro atoms. The Kier molecular flexibility index (Phi) is 3.92. The fourth-order valence-corrected chi connectivity index (χ4v) is 2.77. The summed E-state index contributed by atoms with van der Waals surface area (Å²) in [4.78, 5) is 0. The van der Waals surface area contributed by atoms with Crippen LogP contribution in [0.25, 0.3) is 0 Å². The van der Waals surface area contributed by atoms with Crippen molar-refractivity contribution < 1.29 is 14.6 Å². The first-order chi connectivity index (χ1) is 10.2. The van der Waals surface area contributed by atoms with Gasteiger partial charge in [-0.3, -0.25) is 0 Å². The number of fused-ring (bicyclic) bond motifs is 1. The molecule has 2 aromatic rings. The Hall–Kier alpha value is -1.88. The summed E-state index contributed by atoms with van der Waals surface area (Å²) in [6, 6.07) is 11.2. The van der Waals surface area contributed by atoms with E-state index in [1.165, 1.54) is 0 Å². The highest BCUT2D eigenvalue weighted by atomic mass is 79.9. The van der Waals surface area contributed by atoms with Gasteiger partial charge in [0.1, 0.15) is 5.75 Å². The molecule has 5 heteroatoms. The molecular formula is C16H16BrNO3. The van der Waals surface area contributed by atoms with Crippen LogP contribution < -0.4 is 14.8 Å². The molecule has 110 valence electrons. The summed E-state index contributed by atoms with van der Waals surface area (Å²) in [6.45, 7) is 2.34. The summed E-state index contributed by atoms with van der Waals surface area (Å²) >= 11 is 3.44. The van der Waals surface area contributed by atoms with Gasteiger partial charge in [-0.05, 0) is 36.8 Å². The third-order valence-corrected chi connectivity index (χ3v) is 3.98. The van der Waals surface area contributed by atoms with E-state index in [0.29, 0.717) is 5.75 Å². The van der Waals surface area contributed by atoms with Gasteiger partial charge in [0.15, 0.2) is 11.5 Å². The van der Waals surface area contributed by atoms with Crippen molar-refractivity contribution in [3.05, 3.63) is 46.4 Å². The molecule has 2 aromatic carbocycles. The van der Waals surface area contributed by atoms with Crippen LogP contribution in [0.3, 0.4) is 0 Å². The van der Waals surface area contributed by atoms with E-state index in [2.05, 4.69) is 28.2 Å². The van der Waals surface area contributed by atoms with Crippen molar-refractivity contribution in [1.29, 1.82) is 0 Å². The zero-order valence-electron chi connectivity index (χ0n) is 11.6. The standard InChI is InChI=1S/C16H16BrNO3/c1-2-13(12-7-10(17)3-5-14(12)19)18-11-4-6-15-16(8-11)21-9-20-15/h3-8,13,18-19H,2,9H2,1H3. The smallest absolute Gasteiger partial charge is 0.231 e. The number of rotatable bonds is 4. The molecule has 0 aromatic heterocycles. The number of nitrogens with one attached hydrogen (secondary N) is 1. The molecule has 0 fully saturated rings. The van der Waals surface area contributed by atoms with Gasteiger partial charge in [-0.2, -0.15) is 0 Å². The van der Waals surface area contributed by atoms with Gasteiger partial charge in [0.2, 0.25) is 6.79 Å². The Morgan fingerprint density at radius 2 is 2.00 bits per heavy atom. The zero-order valence-corrected chi connectivity index (χ0v) is 13.2. The summed E-state index contributed by atoms with van der Waals surface area (Å²) in [6.07, 6.45) is 0.846.